The minimum absolute atomic E-state index is 0.0122. The minimum atomic E-state index is -0.177. The average Bonchev–Trinajstić information content (AvgIpc) is 2.43. The van der Waals surface area contributed by atoms with Crippen LogP contribution >= 0.6 is 0 Å². The minimum Gasteiger partial charge on any atom is -0.497 e. The zero-order valence-electron chi connectivity index (χ0n) is 11.4. The third kappa shape index (κ3) is 5.42. The van der Waals surface area contributed by atoms with Crippen LogP contribution in [-0.4, -0.2) is 32.0 Å². The molecule has 0 unspecified atom stereocenters. The lowest BCUT2D eigenvalue weighted by Gasteiger charge is -2.07. The molecule has 5 heteroatoms. The number of nitrogens with one attached hydrogen (secondary N) is 2. The van der Waals surface area contributed by atoms with Crippen molar-refractivity contribution in [3.63, 3.8) is 0 Å². The van der Waals surface area contributed by atoms with E-state index < -0.39 is 0 Å². The van der Waals surface area contributed by atoms with Gasteiger partial charge in [-0.1, -0.05) is 13.0 Å². The van der Waals surface area contributed by atoms with E-state index in [9.17, 15) is 9.59 Å². The Labute approximate surface area is 113 Å². The van der Waals surface area contributed by atoms with Crippen molar-refractivity contribution in [1.29, 1.82) is 0 Å². The third-order valence-electron chi connectivity index (χ3n) is 2.54. The molecule has 2 amide bonds. The Morgan fingerprint density at radius 1 is 1.21 bits per heavy atom. The van der Waals surface area contributed by atoms with Gasteiger partial charge in [-0.15, -0.1) is 0 Å². The van der Waals surface area contributed by atoms with E-state index >= 15 is 0 Å². The summed E-state index contributed by atoms with van der Waals surface area (Å²) < 4.78 is 5.05. The lowest BCUT2D eigenvalue weighted by atomic mass is 10.2. The smallest absolute Gasteiger partial charge is 0.251 e. The van der Waals surface area contributed by atoms with E-state index in [2.05, 4.69) is 10.6 Å². The molecule has 0 fully saturated rings. The van der Waals surface area contributed by atoms with Crippen LogP contribution in [0.1, 0.15) is 30.1 Å². The number of carbonyl (C=O) groups excluding carboxylic acids is 2. The molecule has 0 atom stereocenters. The number of hydrogen-bond donors (Lipinski definition) is 2. The van der Waals surface area contributed by atoms with E-state index in [1.807, 2.05) is 6.92 Å². The standard InChI is InChI=1S/C14H20N2O3/c1-3-5-13(17)15-8-9-16-14(18)11-6-4-7-12(10-11)19-2/h4,6-7,10H,3,5,8-9H2,1-2H3,(H,15,17)(H,16,18). The van der Waals surface area contributed by atoms with E-state index in [4.69, 9.17) is 4.74 Å². The summed E-state index contributed by atoms with van der Waals surface area (Å²) in [6, 6.07) is 6.93. The van der Waals surface area contributed by atoms with Crippen molar-refractivity contribution in [2.45, 2.75) is 19.8 Å². The predicted molar refractivity (Wildman–Crippen MR) is 73.2 cm³/mol. The zero-order valence-corrected chi connectivity index (χ0v) is 11.4. The van der Waals surface area contributed by atoms with Gasteiger partial charge >= 0.3 is 0 Å². The fraction of sp³-hybridized carbons (Fsp3) is 0.429. The number of benzene rings is 1. The maximum atomic E-state index is 11.8. The molecular formula is C14H20N2O3. The summed E-state index contributed by atoms with van der Waals surface area (Å²) in [5.41, 5.74) is 0.541. The molecule has 0 heterocycles. The van der Waals surface area contributed by atoms with Crippen molar-refractivity contribution in [1.82, 2.24) is 10.6 Å². The van der Waals surface area contributed by atoms with Gasteiger partial charge in [-0.2, -0.15) is 0 Å². The highest BCUT2D eigenvalue weighted by atomic mass is 16.5. The molecule has 1 rings (SSSR count). The first-order chi connectivity index (χ1) is 9.17. The summed E-state index contributed by atoms with van der Waals surface area (Å²) in [5.74, 6) is 0.477. The lowest BCUT2D eigenvalue weighted by Crippen LogP contribution is -2.34. The Balaban J connectivity index is 2.33. The van der Waals surface area contributed by atoms with Gasteiger partial charge in [-0.05, 0) is 24.6 Å². The van der Waals surface area contributed by atoms with E-state index in [1.165, 1.54) is 0 Å². The van der Waals surface area contributed by atoms with Gasteiger partial charge in [0, 0.05) is 25.1 Å². The SMILES string of the molecule is CCCC(=O)NCCNC(=O)c1cccc(OC)c1. The van der Waals surface area contributed by atoms with Crippen molar-refractivity contribution < 1.29 is 14.3 Å². The van der Waals surface area contributed by atoms with Gasteiger partial charge in [0.2, 0.25) is 5.91 Å². The molecule has 0 saturated heterocycles. The topological polar surface area (TPSA) is 67.4 Å². The summed E-state index contributed by atoms with van der Waals surface area (Å²) in [6.45, 7) is 2.80. The zero-order chi connectivity index (χ0) is 14.1. The molecule has 19 heavy (non-hydrogen) atoms. The second kappa shape index (κ2) is 8.13. The van der Waals surface area contributed by atoms with Crippen LogP contribution in [0, 0.1) is 0 Å². The number of hydrogen-bond acceptors (Lipinski definition) is 3. The van der Waals surface area contributed by atoms with Crippen LogP contribution in [0.4, 0.5) is 0 Å². The van der Waals surface area contributed by atoms with Crippen LogP contribution in [0.25, 0.3) is 0 Å². The average molecular weight is 264 g/mol. The molecular weight excluding hydrogens is 244 g/mol. The fourth-order valence-electron chi connectivity index (χ4n) is 1.56. The summed E-state index contributed by atoms with van der Waals surface area (Å²) in [5, 5.41) is 5.47. The Hall–Kier alpha value is -2.04. The van der Waals surface area contributed by atoms with Gasteiger partial charge in [-0.3, -0.25) is 9.59 Å². The highest BCUT2D eigenvalue weighted by Gasteiger charge is 2.06. The summed E-state index contributed by atoms with van der Waals surface area (Å²) >= 11 is 0. The monoisotopic (exact) mass is 264 g/mol. The summed E-state index contributed by atoms with van der Waals surface area (Å²) in [4.78, 5) is 23.0. The number of methoxy groups -OCH3 is 1. The largest absolute Gasteiger partial charge is 0.497 e. The molecule has 2 N–H and O–H groups in total. The molecule has 0 bridgehead atoms. The van der Waals surface area contributed by atoms with Crippen LogP contribution in [0.3, 0.4) is 0 Å². The molecule has 0 aliphatic carbocycles. The van der Waals surface area contributed by atoms with E-state index in [0.717, 1.165) is 6.42 Å². The first kappa shape index (κ1) is 15.0. The van der Waals surface area contributed by atoms with Crippen molar-refractivity contribution in [2.75, 3.05) is 20.2 Å². The number of carbonyl (C=O) groups is 2. The van der Waals surface area contributed by atoms with Crippen molar-refractivity contribution in [2.24, 2.45) is 0 Å². The molecule has 5 nitrogen and oxygen atoms in total. The molecule has 1 aromatic carbocycles. The molecule has 1 aromatic rings. The lowest BCUT2D eigenvalue weighted by molar-refractivity contribution is -0.121. The van der Waals surface area contributed by atoms with E-state index in [0.29, 0.717) is 30.8 Å². The Kier molecular flexibility index (Phi) is 6.43. The normalized spacial score (nSPS) is 9.79. The van der Waals surface area contributed by atoms with Crippen LogP contribution in [0.5, 0.6) is 5.75 Å². The molecule has 0 saturated carbocycles. The molecule has 0 radical (unpaired) electrons. The van der Waals surface area contributed by atoms with Crippen LogP contribution in [0.15, 0.2) is 24.3 Å². The maximum absolute atomic E-state index is 11.8. The molecule has 104 valence electrons. The number of rotatable bonds is 7. The van der Waals surface area contributed by atoms with Gasteiger partial charge in [0.25, 0.3) is 5.91 Å². The first-order valence-corrected chi connectivity index (χ1v) is 6.36. The second-order valence-corrected chi connectivity index (χ2v) is 4.09. The number of ether oxygens (including phenoxy) is 1. The second-order valence-electron chi connectivity index (χ2n) is 4.09. The molecule has 0 spiro atoms. The molecule has 0 aliphatic rings. The fourth-order valence-corrected chi connectivity index (χ4v) is 1.56. The van der Waals surface area contributed by atoms with Crippen molar-refractivity contribution in [3.8, 4) is 5.75 Å². The van der Waals surface area contributed by atoms with Crippen molar-refractivity contribution in [3.05, 3.63) is 29.8 Å². The Bertz CT molecular complexity index is 432. The highest BCUT2D eigenvalue weighted by molar-refractivity contribution is 5.94. The van der Waals surface area contributed by atoms with Crippen LogP contribution in [0.2, 0.25) is 0 Å². The van der Waals surface area contributed by atoms with E-state index in [1.54, 1.807) is 31.4 Å². The maximum Gasteiger partial charge on any atom is 0.251 e. The Morgan fingerprint density at radius 2 is 1.95 bits per heavy atom. The van der Waals surface area contributed by atoms with E-state index in [-0.39, 0.29) is 11.8 Å². The quantitative estimate of drug-likeness (QED) is 0.730. The van der Waals surface area contributed by atoms with Gasteiger partial charge in [0.1, 0.15) is 5.75 Å². The predicted octanol–water partition coefficient (Wildman–Crippen LogP) is 1.34. The van der Waals surface area contributed by atoms with Crippen LogP contribution < -0.4 is 15.4 Å². The highest BCUT2D eigenvalue weighted by Crippen LogP contribution is 2.11. The van der Waals surface area contributed by atoms with Gasteiger partial charge in [0.15, 0.2) is 0 Å². The molecule has 0 aliphatic heterocycles. The van der Waals surface area contributed by atoms with Gasteiger partial charge in [-0.25, -0.2) is 0 Å². The molecule has 0 aromatic heterocycles. The van der Waals surface area contributed by atoms with Gasteiger partial charge < -0.3 is 15.4 Å². The van der Waals surface area contributed by atoms with Gasteiger partial charge in [0.05, 0.1) is 7.11 Å². The summed E-state index contributed by atoms with van der Waals surface area (Å²) in [7, 11) is 1.56. The number of amides is 2. The van der Waals surface area contributed by atoms with Crippen LogP contribution in [-0.2, 0) is 4.79 Å². The Morgan fingerprint density at radius 3 is 2.63 bits per heavy atom. The first-order valence-electron chi connectivity index (χ1n) is 6.36. The van der Waals surface area contributed by atoms with Crippen molar-refractivity contribution >= 4 is 11.8 Å². The third-order valence-corrected chi connectivity index (χ3v) is 2.54. The summed E-state index contributed by atoms with van der Waals surface area (Å²) in [6.07, 6.45) is 1.34.